The fourth-order valence-electron chi connectivity index (χ4n) is 4.69. The smallest absolute Gasteiger partial charge is 0.151 e. The third-order valence-electron chi connectivity index (χ3n) is 6.21. The Morgan fingerprint density at radius 1 is 1.03 bits per heavy atom. The van der Waals surface area contributed by atoms with E-state index in [1.54, 1.807) is 12.1 Å². The maximum atomic E-state index is 8.95. The van der Waals surface area contributed by atoms with Gasteiger partial charge in [0.1, 0.15) is 11.6 Å². The van der Waals surface area contributed by atoms with E-state index < -0.39 is 0 Å². The van der Waals surface area contributed by atoms with E-state index in [-0.39, 0.29) is 6.10 Å². The molecule has 158 valence electrons. The van der Waals surface area contributed by atoms with Crippen LogP contribution in [-0.4, -0.2) is 32.8 Å². The van der Waals surface area contributed by atoms with Gasteiger partial charge in [0.2, 0.25) is 0 Å². The van der Waals surface area contributed by atoms with Crippen LogP contribution in [0.5, 0.6) is 5.75 Å². The Balaban J connectivity index is 1.34. The summed E-state index contributed by atoms with van der Waals surface area (Å²) in [5.41, 5.74) is 2.99. The first kappa shape index (κ1) is 20.0. The monoisotopic (exact) mass is 433 g/mol. The van der Waals surface area contributed by atoms with Crippen molar-refractivity contribution in [2.75, 3.05) is 7.05 Å². The largest absolute Gasteiger partial charge is 0.490 e. The number of hydrogen-bond donors (Lipinski definition) is 0. The average molecular weight is 434 g/mol. The summed E-state index contributed by atoms with van der Waals surface area (Å²) in [6.07, 6.45) is 4.16. The Morgan fingerprint density at radius 2 is 1.81 bits per heavy atom. The molecule has 0 bridgehead atoms. The van der Waals surface area contributed by atoms with Crippen molar-refractivity contribution in [3.63, 3.8) is 0 Å². The maximum absolute atomic E-state index is 8.95. The summed E-state index contributed by atoms with van der Waals surface area (Å²) in [5, 5.41) is 18.9. The highest BCUT2D eigenvalue weighted by Crippen LogP contribution is 2.37. The summed E-state index contributed by atoms with van der Waals surface area (Å²) >= 11 is 6.28. The molecule has 31 heavy (non-hydrogen) atoms. The molecule has 1 saturated carbocycles. The molecule has 0 atom stereocenters. The molecule has 1 aliphatic carbocycles. The van der Waals surface area contributed by atoms with Crippen LogP contribution in [0.3, 0.4) is 0 Å². The first-order chi connectivity index (χ1) is 15.1. The number of ether oxygens (including phenoxy) is 1. The molecule has 7 heteroatoms. The fraction of sp³-hybridized carbons (Fsp3) is 0.375. The minimum absolute atomic E-state index is 0.188. The van der Waals surface area contributed by atoms with Gasteiger partial charge in [-0.05, 0) is 80.8 Å². The lowest BCUT2D eigenvalue weighted by Gasteiger charge is -2.29. The molecule has 1 aromatic heterocycles. The van der Waals surface area contributed by atoms with Crippen LogP contribution in [0.4, 0.5) is 0 Å². The molecule has 1 fully saturated rings. The van der Waals surface area contributed by atoms with Gasteiger partial charge in [-0.15, -0.1) is 10.2 Å². The summed E-state index contributed by atoms with van der Waals surface area (Å²) in [6, 6.07) is 15.6. The van der Waals surface area contributed by atoms with E-state index >= 15 is 0 Å². The lowest BCUT2D eigenvalue weighted by Crippen LogP contribution is -2.25. The summed E-state index contributed by atoms with van der Waals surface area (Å²) in [4.78, 5) is 2.24. The SMILES string of the molecule is CN1Cc2cc(Cl)ccc2-n2c(nnc2[C@H]2CC[C@H](Oc3ccc(C#N)cc3)CC2)C1. The number of nitrogens with zero attached hydrogens (tertiary/aromatic N) is 5. The Morgan fingerprint density at radius 3 is 2.55 bits per heavy atom. The van der Waals surface area contributed by atoms with Gasteiger partial charge < -0.3 is 4.74 Å². The van der Waals surface area contributed by atoms with Gasteiger partial charge in [-0.1, -0.05) is 11.6 Å². The minimum Gasteiger partial charge on any atom is -0.490 e. The summed E-state index contributed by atoms with van der Waals surface area (Å²) in [5.74, 6) is 3.21. The van der Waals surface area contributed by atoms with E-state index in [1.807, 2.05) is 18.2 Å². The number of halogens is 1. The van der Waals surface area contributed by atoms with Crippen LogP contribution >= 0.6 is 11.6 Å². The van der Waals surface area contributed by atoms with Crippen LogP contribution in [0.1, 0.15) is 54.4 Å². The first-order valence-corrected chi connectivity index (χ1v) is 11.1. The normalized spacial score (nSPS) is 20.9. The van der Waals surface area contributed by atoms with Gasteiger partial charge in [0, 0.05) is 17.5 Å². The number of nitriles is 1. The lowest BCUT2D eigenvalue weighted by atomic mass is 9.86. The van der Waals surface area contributed by atoms with Crippen LogP contribution in [0.25, 0.3) is 5.69 Å². The number of fused-ring (bicyclic) bond motifs is 3. The quantitative estimate of drug-likeness (QED) is 0.591. The van der Waals surface area contributed by atoms with Crippen molar-refractivity contribution in [2.45, 2.75) is 50.8 Å². The second-order valence-corrected chi connectivity index (χ2v) is 8.92. The van der Waals surface area contributed by atoms with E-state index in [0.717, 1.165) is 66.9 Å². The van der Waals surface area contributed by atoms with Gasteiger partial charge in [-0.2, -0.15) is 5.26 Å². The van der Waals surface area contributed by atoms with Crippen molar-refractivity contribution in [3.8, 4) is 17.5 Å². The van der Waals surface area contributed by atoms with Crippen molar-refractivity contribution in [2.24, 2.45) is 0 Å². The number of hydrogen-bond acceptors (Lipinski definition) is 5. The topological polar surface area (TPSA) is 67.0 Å². The van der Waals surface area contributed by atoms with E-state index in [4.69, 9.17) is 21.6 Å². The zero-order valence-electron chi connectivity index (χ0n) is 17.5. The van der Waals surface area contributed by atoms with Crippen molar-refractivity contribution in [3.05, 3.63) is 70.3 Å². The molecule has 2 heterocycles. The number of rotatable bonds is 3. The molecule has 1 aliphatic heterocycles. The third-order valence-corrected chi connectivity index (χ3v) is 6.45. The third kappa shape index (κ3) is 4.04. The van der Waals surface area contributed by atoms with Gasteiger partial charge in [-0.3, -0.25) is 9.47 Å². The minimum atomic E-state index is 0.188. The van der Waals surface area contributed by atoms with Crippen LogP contribution in [-0.2, 0) is 13.1 Å². The molecule has 2 aromatic carbocycles. The lowest BCUT2D eigenvalue weighted by molar-refractivity contribution is 0.144. The Kier molecular flexibility index (Phi) is 5.39. The molecule has 5 rings (SSSR count). The van der Waals surface area contributed by atoms with Gasteiger partial charge in [0.25, 0.3) is 0 Å². The summed E-state index contributed by atoms with van der Waals surface area (Å²) in [7, 11) is 2.10. The van der Waals surface area contributed by atoms with E-state index in [0.29, 0.717) is 11.5 Å². The molecule has 2 aliphatic rings. The number of benzene rings is 2. The predicted octanol–water partition coefficient (Wildman–Crippen LogP) is 4.84. The molecule has 0 radical (unpaired) electrons. The van der Waals surface area contributed by atoms with Crippen molar-refractivity contribution in [1.29, 1.82) is 5.26 Å². The molecule has 6 nitrogen and oxygen atoms in total. The summed E-state index contributed by atoms with van der Waals surface area (Å²) in [6.45, 7) is 1.60. The molecule has 0 N–H and O–H groups in total. The molecular formula is C24H24ClN5O. The van der Waals surface area contributed by atoms with Crippen LogP contribution in [0, 0.1) is 11.3 Å². The first-order valence-electron chi connectivity index (χ1n) is 10.7. The van der Waals surface area contributed by atoms with Gasteiger partial charge in [0.15, 0.2) is 5.82 Å². The zero-order chi connectivity index (χ0) is 21.4. The molecule has 3 aromatic rings. The predicted molar refractivity (Wildman–Crippen MR) is 118 cm³/mol. The molecule has 0 saturated heterocycles. The van der Waals surface area contributed by atoms with Crippen LogP contribution in [0.15, 0.2) is 42.5 Å². The molecular weight excluding hydrogens is 410 g/mol. The summed E-state index contributed by atoms with van der Waals surface area (Å²) < 4.78 is 8.41. The number of aromatic nitrogens is 3. The maximum Gasteiger partial charge on any atom is 0.151 e. The fourth-order valence-corrected chi connectivity index (χ4v) is 4.88. The zero-order valence-corrected chi connectivity index (χ0v) is 18.2. The highest BCUT2D eigenvalue weighted by atomic mass is 35.5. The molecule has 0 spiro atoms. The second kappa shape index (κ2) is 8.33. The standard InChI is InChI=1S/C24H24ClN5O/c1-29-14-18-12-19(25)6-11-22(18)30-23(15-29)27-28-24(30)17-4-9-21(10-5-17)31-20-7-2-16(13-26)3-8-20/h2-3,6-8,11-12,17,21H,4-5,9-10,14-15H2,1H3/t17-,21-. The van der Waals surface area contributed by atoms with Gasteiger partial charge in [-0.25, -0.2) is 0 Å². The van der Waals surface area contributed by atoms with E-state index in [9.17, 15) is 0 Å². The highest BCUT2D eigenvalue weighted by molar-refractivity contribution is 6.30. The Hall–Kier alpha value is -2.88. The van der Waals surface area contributed by atoms with E-state index in [1.165, 1.54) is 5.56 Å². The van der Waals surface area contributed by atoms with Crippen LogP contribution < -0.4 is 4.74 Å². The van der Waals surface area contributed by atoms with Gasteiger partial charge in [0.05, 0.1) is 30.0 Å². The van der Waals surface area contributed by atoms with Crippen molar-refractivity contribution >= 4 is 11.6 Å². The Bertz CT molecular complexity index is 1130. The average Bonchev–Trinajstić information content (AvgIpc) is 3.12. The van der Waals surface area contributed by atoms with E-state index in [2.05, 4.69) is 44.9 Å². The van der Waals surface area contributed by atoms with Crippen LogP contribution in [0.2, 0.25) is 5.02 Å². The second-order valence-electron chi connectivity index (χ2n) is 8.48. The Labute approximate surface area is 187 Å². The van der Waals surface area contributed by atoms with Crippen molar-refractivity contribution in [1.82, 2.24) is 19.7 Å². The molecule has 0 unspecified atom stereocenters. The molecule has 0 amide bonds. The highest BCUT2D eigenvalue weighted by Gasteiger charge is 2.30. The van der Waals surface area contributed by atoms with Gasteiger partial charge >= 0.3 is 0 Å². The van der Waals surface area contributed by atoms with Crippen molar-refractivity contribution < 1.29 is 4.74 Å².